The van der Waals surface area contributed by atoms with Gasteiger partial charge in [0, 0.05) is 0 Å². The van der Waals surface area contributed by atoms with Gasteiger partial charge in [0.15, 0.2) is 5.82 Å². The molecule has 0 amide bonds. The zero-order chi connectivity index (χ0) is 13.0. The number of ketones is 1. The molecule has 92 valence electrons. The molecule has 0 aromatic heterocycles. The van der Waals surface area contributed by atoms with Crippen LogP contribution in [0.3, 0.4) is 0 Å². The maximum Gasteiger partial charge on any atom is 0.379 e. The van der Waals surface area contributed by atoms with Crippen LogP contribution in [0.2, 0.25) is 0 Å². The molecule has 0 spiro atoms. The fraction of sp³-hybridized carbons (Fsp3) is 0.273. The fourth-order valence-corrected chi connectivity index (χ4v) is 1.68. The minimum absolute atomic E-state index is 0.00449. The van der Waals surface area contributed by atoms with E-state index in [0.29, 0.717) is 0 Å². The zero-order valence-corrected chi connectivity index (χ0v) is 10.8. The quantitative estimate of drug-likeness (QED) is 0.487. The van der Waals surface area contributed by atoms with Gasteiger partial charge >= 0.3 is 5.97 Å². The molecule has 1 aromatic rings. The summed E-state index contributed by atoms with van der Waals surface area (Å²) in [6.07, 6.45) is 0. The monoisotopic (exact) mass is 304 g/mol. The highest BCUT2D eigenvalue weighted by molar-refractivity contribution is 9.10. The summed E-state index contributed by atoms with van der Waals surface area (Å²) in [5.41, 5.74) is -0.351. The number of rotatable bonds is 4. The van der Waals surface area contributed by atoms with Crippen molar-refractivity contribution >= 4 is 27.7 Å². The summed E-state index contributed by atoms with van der Waals surface area (Å²) in [5.74, 6) is -2.71. The van der Waals surface area contributed by atoms with Gasteiger partial charge < -0.3 is 9.47 Å². The van der Waals surface area contributed by atoms with E-state index in [0.717, 1.165) is 0 Å². The Morgan fingerprint density at radius 3 is 2.59 bits per heavy atom. The van der Waals surface area contributed by atoms with Crippen LogP contribution < -0.4 is 4.74 Å². The number of esters is 1. The molecule has 0 radical (unpaired) electrons. The largest absolute Gasteiger partial charge is 0.495 e. The maximum atomic E-state index is 13.7. The number of methoxy groups -OCH3 is 1. The second-order valence-corrected chi connectivity index (χ2v) is 3.79. The first kappa shape index (κ1) is 13.6. The van der Waals surface area contributed by atoms with Gasteiger partial charge in [0.25, 0.3) is 5.78 Å². The Morgan fingerprint density at radius 2 is 2.06 bits per heavy atom. The molecule has 0 bridgehead atoms. The van der Waals surface area contributed by atoms with Crippen molar-refractivity contribution in [3.63, 3.8) is 0 Å². The summed E-state index contributed by atoms with van der Waals surface area (Å²) >= 11 is 2.94. The Bertz CT molecular complexity index is 459. The van der Waals surface area contributed by atoms with Crippen LogP contribution >= 0.6 is 15.9 Å². The molecule has 0 fully saturated rings. The third-order valence-corrected chi connectivity index (χ3v) is 2.71. The molecule has 0 saturated heterocycles. The number of halogens is 2. The van der Waals surface area contributed by atoms with Crippen LogP contribution in [0.25, 0.3) is 0 Å². The third-order valence-electron chi connectivity index (χ3n) is 1.97. The molecule has 0 atom stereocenters. The Hall–Kier alpha value is -1.43. The molecule has 4 nitrogen and oxygen atoms in total. The lowest BCUT2D eigenvalue weighted by molar-refractivity contribution is -0.137. The second kappa shape index (κ2) is 5.77. The molecule has 0 aliphatic heterocycles. The van der Waals surface area contributed by atoms with E-state index in [1.54, 1.807) is 6.92 Å². The van der Waals surface area contributed by atoms with Gasteiger partial charge in [-0.15, -0.1) is 0 Å². The summed E-state index contributed by atoms with van der Waals surface area (Å²) < 4.78 is 23.1. The molecular weight excluding hydrogens is 295 g/mol. The summed E-state index contributed by atoms with van der Waals surface area (Å²) in [5, 5.41) is 0. The van der Waals surface area contributed by atoms with Gasteiger partial charge in [-0.05, 0) is 35.0 Å². The fourth-order valence-electron chi connectivity index (χ4n) is 1.17. The summed E-state index contributed by atoms with van der Waals surface area (Å²) in [4.78, 5) is 22.7. The Morgan fingerprint density at radius 1 is 1.41 bits per heavy atom. The number of benzene rings is 1. The average molecular weight is 305 g/mol. The lowest BCUT2D eigenvalue weighted by Crippen LogP contribution is -2.19. The SMILES string of the molecule is CCOC(=O)C(=O)c1ccc(OC)c(Br)c1F. The van der Waals surface area contributed by atoms with Crippen molar-refractivity contribution in [1.82, 2.24) is 0 Å². The first-order valence-corrected chi connectivity index (χ1v) is 5.55. The van der Waals surface area contributed by atoms with E-state index in [1.165, 1.54) is 19.2 Å². The van der Waals surface area contributed by atoms with E-state index in [4.69, 9.17) is 4.74 Å². The molecule has 0 saturated carbocycles. The first-order valence-electron chi connectivity index (χ1n) is 4.76. The third kappa shape index (κ3) is 2.82. The summed E-state index contributed by atoms with van der Waals surface area (Å²) in [6.45, 7) is 1.62. The lowest BCUT2D eigenvalue weighted by atomic mass is 10.1. The predicted molar refractivity (Wildman–Crippen MR) is 61.6 cm³/mol. The van der Waals surface area contributed by atoms with Crippen LogP contribution in [0.15, 0.2) is 16.6 Å². The molecule has 1 aromatic carbocycles. The Balaban J connectivity index is 3.12. The van der Waals surface area contributed by atoms with Gasteiger partial charge in [-0.2, -0.15) is 0 Å². The molecule has 1 rings (SSSR count). The van der Waals surface area contributed by atoms with Gasteiger partial charge in [0.1, 0.15) is 5.75 Å². The molecule has 0 aliphatic rings. The normalized spacial score (nSPS) is 9.88. The zero-order valence-electron chi connectivity index (χ0n) is 9.25. The van der Waals surface area contributed by atoms with E-state index >= 15 is 0 Å². The van der Waals surface area contributed by atoms with Crippen molar-refractivity contribution in [2.75, 3.05) is 13.7 Å². The van der Waals surface area contributed by atoms with Crippen LogP contribution in [0.4, 0.5) is 4.39 Å². The molecule has 6 heteroatoms. The van der Waals surface area contributed by atoms with E-state index in [-0.39, 0.29) is 22.4 Å². The van der Waals surface area contributed by atoms with Crippen molar-refractivity contribution in [3.05, 3.63) is 28.0 Å². The standard InChI is InChI=1S/C11H10BrFO4/c1-3-17-11(15)10(14)6-4-5-7(16-2)8(12)9(6)13/h4-5H,3H2,1-2H3. The summed E-state index contributed by atoms with van der Waals surface area (Å²) in [6, 6.07) is 2.57. The van der Waals surface area contributed by atoms with Gasteiger partial charge in [-0.1, -0.05) is 0 Å². The highest BCUT2D eigenvalue weighted by atomic mass is 79.9. The topological polar surface area (TPSA) is 52.6 Å². The Labute approximate surface area is 106 Å². The predicted octanol–water partition coefficient (Wildman–Crippen LogP) is 2.34. The first-order chi connectivity index (χ1) is 8.02. The van der Waals surface area contributed by atoms with E-state index in [1.807, 2.05) is 0 Å². The van der Waals surface area contributed by atoms with E-state index < -0.39 is 17.6 Å². The van der Waals surface area contributed by atoms with Crippen LogP contribution in [-0.4, -0.2) is 25.5 Å². The average Bonchev–Trinajstić information content (AvgIpc) is 2.32. The van der Waals surface area contributed by atoms with Crippen LogP contribution in [0, 0.1) is 5.82 Å². The highest BCUT2D eigenvalue weighted by Crippen LogP contribution is 2.29. The van der Waals surface area contributed by atoms with Crippen molar-refractivity contribution in [3.8, 4) is 5.75 Å². The molecular formula is C11H10BrFO4. The van der Waals surface area contributed by atoms with E-state index in [9.17, 15) is 14.0 Å². The smallest absolute Gasteiger partial charge is 0.379 e. The second-order valence-electron chi connectivity index (χ2n) is 2.99. The van der Waals surface area contributed by atoms with Crippen LogP contribution in [0.5, 0.6) is 5.75 Å². The summed E-state index contributed by atoms with van der Waals surface area (Å²) in [7, 11) is 1.37. The molecule has 0 unspecified atom stereocenters. The number of ether oxygens (including phenoxy) is 2. The molecule has 17 heavy (non-hydrogen) atoms. The van der Waals surface area contributed by atoms with Crippen molar-refractivity contribution in [2.24, 2.45) is 0 Å². The molecule has 0 N–H and O–H groups in total. The molecule has 0 aliphatic carbocycles. The Kier molecular flexibility index (Phi) is 4.62. The minimum atomic E-state index is -1.08. The lowest BCUT2D eigenvalue weighted by Gasteiger charge is -2.07. The minimum Gasteiger partial charge on any atom is -0.495 e. The number of carbonyl (C=O) groups is 2. The number of Topliss-reactive ketones (excluding diaryl/α,β-unsaturated/α-hetero) is 1. The number of carbonyl (C=O) groups excluding carboxylic acids is 2. The highest BCUT2D eigenvalue weighted by Gasteiger charge is 2.23. The number of hydrogen-bond acceptors (Lipinski definition) is 4. The van der Waals surface area contributed by atoms with Crippen LogP contribution in [0.1, 0.15) is 17.3 Å². The van der Waals surface area contributed by atoms with E-state index in [2.05, 4.69) is 20.7 Å². The van der Waals surface area contributed by atoms with Gasteiger partial charge in [-0.25, -0.2) is 9.18 Å². The van der Waals surface area contributed by atoms with Crippen molar-refractivity contribution in [1.29, 1.82) is 0 Å². The maximum absolute atomic E-state index is 13.7. The van der Waals surface area contributed by atoms with Crippen molar-refractivity contribution < 1.29 is 23.5 Å². The van der Waals surface area contributed by atoms with Gasteiger partial charge in [0.2, 0.25) is 0 Å². The van der Waals surface area contributed by atoms with Crippen molar-refractivity contribution in [2.45, 2.75) is 6.92 Å². The van der Waals surface area contributed by atoms with Crippen LogP contribution in [-0.2, 0) is 9.53 Å². The number of hydrogen-bond donors (Lipinski definition) is 0. The molecule has 0 heterocycles. The van der Waals surface area contributed by atoms with Gasteiger partial charge in [0.05, 0.1) is 23.8 Å². The van der Waals surface area contributed by atoms with Gasteiger partial charge in [-0.3, -0.25) is 4.79 Å².